The second kappa shape index (κ2) is 10.2. The van der Waals surface area contributed by atoms with Gasteiger partial charge in [-0.15, -0.1) is 0 Å². The van der Waals surface area contributed by atoms with Crippen molar-refractivity contribution in [2.45, 2.75) is 26.3 Å². The van der Waals surface area contributed by atoms with Gasteiger partial charge in [-0.3, -0.25) is 9.59 Å². The number of carbonyl (C=O) groups excluding carboxylic acids is 2. The van der Waals surface area contributed by atoms with E-state index in [1.165, 1.54) is 0 Å². The van der Waals surface area contributed by atoms with Crippen LogP contribution in [0.25, 0.3) is 0 Å². The highest BCUT2D eigenvalue weighted by atomic mass is 16.5. The summed E-state index contributed by atoms with van der Waals surface area (Å²) in [6.45, 7) is 2.68. The van der Waals surface area contributed by atoms with E-state index in [4.69, 9.17) is 9.47 Å². The predicted molar refractivity (Wildman–Crippen MR) is 99.8 cm³/mol. The molecule has 0 atom stereocenters. The minimum Gasteiger partial charge on any atom is -0.494 e. The van der Waals surface area contributed by atoms with Crippen molar-refractivity contribution in [1.82, 2.24) is 4.90 Å². The van der Waals surface area contributed by atoms with Gasteiger partial charge in [-0.25, -0.2) is 0 Å². The fraction of sp³-hybridized carbons (Fsp3) is 0.333. The fourth-order valence-electron chi connectivity index (χ4n) is 2.38. The third-order valence-electron chi connectivity index (χ3n) is 3.83. The Kier molecular flexibility index (Phi) is 7.68. The molecule has 0 heterocycles. The third kappa shape index (κ3) is 6.97. The van der Waals surface area contributed by atoms with Crippen LogP contribution in [0.15, 0.2) is 54.6 Å². The van der Waals surface area contributed by atoms with E-state index in [1.807, 2.05) is 61.5 Å². The standard InChI is InChI=1S/C21H25NO4/c1-17-8-6-11-19(14-17)25-13-7-12-21(24)26-16-20(23)22(2)15-18-9-4-3-5-10-18/h3-6,8-11,14H,7,12-13,15-16H2,1-2H3. The average molecular weight is 355 g/mol. The number of esters is 1. The van der Waals surface area contributed by atoms with Gasteiger partial charge in [0.25, 0.3) is 5.91 Å². The first kappa shape index (κ1) is 19.5. The minimum atomic E-state index is -0.390. The van der Waals surface area contributed by atoms with E-state index >= 15 is 0 Å². The van der Waals surface area contributed by atoms with Gasteiger partial charge in [-0.1, -0.05) is 42.5 Å². The molecule has 0 aliphatic carbocycles. The van der Waals surface area contributed by atoms with Crippen LogP contribution in [0, 0.1) is 6.92 Å². The van der Waals surface area contributed by atoms with Crippen LogP contribution in [0.2, 0.25) is 0 Å². The lowest BCUT2D eigenvalue weighted by molar-refractivity contribution is -0.151. The summed E-state index contributed by atoms with van der Waals surface area (Å²) in [5.41, 5.74) is 2.16. The first-order valence-electron chi connectivity index (χ1n) is 8.67. The number of hydrogen-bond acceptors (Lipinski definition) is 4. The van der Waals surface area contributed by atoms with Gasteiger partial charge in [-0.05, 0) is 36.6 Å². The Morgan fingerprint density at radius 1 is 1.04 bits per heavy atom. The maximum atomic E-state index is 12.0. The first-order chi connectivity index (χ1) is 12.5. The van der Waals surface area contributed by atoms with E-state index in [2.05, 4.69) is 0 Å². The number of rotatable bonds is 9. The summed E-state index contributed by atoms with van der Waals surface area (Å²) in [6, 6.07) is 17.4. The molecule has 5 nitrogen and oxygen atoms in total. The number of nitrogens with zero attached hydrogens (tertiary/aromatic N) is 1. The topological polar surface area (TPSA) is 55.8 Å². The summed E-state index contributed by atoms with van der Waals surface area (Å²) in [6.07, 6.45) is 0.766. The molecular formula is C21H25NO4. The summed E-state index contributed by atoms with van der Waals surface area (Å²) < 4.78 is 10.6. The van der Waals surface area contributed by atoms with Crippen molar-refractivity contribution in [2.75, 3.05) is 20.3 Å². The van der Waals surface area contributed by atoms with Crippen LogP contribution in [-0.2, 0) is 20.9 Å². The van der Waals surface area contributed by atoms with Gasteiger partial charge in [0.1, 0.15) is 5.75 Å². The van der Waals surface area contributed by atoms with Crippen molar-refractivity contribution < 1.29 is 19.1 Å². The average Bonchev–Trinajstić information content (AvgIpc) is 2.64. The molecule has 0 N–H and O–H groups in total. The van der Waals surface area contributed by atoms with Crippen molar-refractivity contribution >= 4 is 11.9 Å². The quantitative estimate of drug-likeness (QED) is 0.511. The summed E-state index contributed by atoms with van der Waals surface area (Å²) in [5, 5.41) is 0. The van der Waals surface area contributed by atoms with Crippen molar-refractivity contribution in [2.24, 2.45) is 0 Å². The summed E-state index contributed by atoms with van der Waals surface area (Å²) in [5.74, 6) is 0.175. The van der Waals surface area contributed by atoms with Gasteiger partial charge < -0.3 is 14.4 Å². The third-order valence-corrected chi connectivity index (χ3v) is 3.83. The van der Waals surface area contributed by atoms with Crippen molar-refractivity contribution in [3.63, 3.8) is 0 Å². The zero-order valence-electron chi connectivity index (χ0n) is 15.3. The normalized spacial score (nSPS) is 10.2. The molecular weight excluding hydrogens is 330 g/mol. The second-order valence-electron chi connectivity index (χ2n) is 6.16. The Morgan fingerprint density at radius 2 is 1.81 bits per heavy atom. The molecule has 0 spiro atoms. The second-order valence-corrected chi connectivity index (χ2v) is 6.16. The van der Waals surface area contributed by atoms with Gasteiger partial charge in [-0.2, -0.15) is 0 Å². The van der Waals surface area contributed by atoms with Gasteiger partial charge in [0.15, 0.2) is 6.61 Å². The van der Waals surface area contributed by atoms with E-state index in [-0.39, 0.29) is 24.9 Å². The maximum Gasteiger partial charge on any atom is 0.306 e. The highest BCUT2D eigenvalue weighted by Crippen LogP contribution is 2.12. The van der Waals surface area contributed by atoms with Crippen LogP contribution in [0.4, 0.5) is 0 Å². The van der Waals surface area contributed by atoms with Crippen molar-refractivity contribution in [3.05, 3.63) is 65.7 Å². The number of benzene rings is 2. The molecule has 0 aromatic heterocycles. The SMILES string of the molecule is Cc1cccc(OCCCC(=O)OCC(=O)N(C)Cc2ccccc2)c1. The van der Waals surface area contributed by atoms with Gasteiger partial charge in [0.05, 0.1) is 6.61 Å². The lowest BCUT2D eigenvalue weighted by Crippen LogP contribution is -2.30. The van der Waals surface area contributed by atoms with Gasteiger partial charge in [0, 0.05) is 20.0 Å². The molecule has 1 amide bonds. The molecule has 0 radical (unpaired) electrons. The van der Waals surface area contributed by atoms with Gasteiger partial charge >= 0.3 is 5.97 Å². The Labute approximate surface area is 154 Å². The number of amides is 1. The van der Waals surface area contributed by atoms with E-state index in [0.29, 0.717) is 19.6 Å². The molecule has 0 saturated heterocycles. The monoisotopic (exact) mass is 355 g/mol. The van der Waals surface area contributed by atoms with Crippen LogP contribution in [-0.4, -0.2) is 37.0 Å². The molecule has 2 rings (SSSR count). The Bertz CT molecular complexity index is 715. The number of likely N-dealkylation sites (N-methyl/N-ethyl adjacent to an activating group) is 1. The Morgan fingerprint density at radius 3 is 2.54 bits per heavy atom. The number of hydrogen-bond donors (Lipinski definition) is 0. The van der Waals surface area contributed by atoms with Crippen LogP contribution in [0.5, 0.6) is 5.75 Å². The Hall–Kier alpha value is -2.82. The molecule has 0 fully saturated rings. The van der Waals surface area contributed by atoms with E-state index in [1.54, 1.807) is 11.9 Å². The van der Waals surface area contributed by atoms with E-state index in [0.717, 1.165) is 16.9 Å². The van der Waals surface area contributed by atoms with Crippen LogP contribution < -0.4 is 4.74 Å². The van der Waals surface area contributed by atoms with Crippen molar-refractivity contribution in [3.8, 4) is 5.75 Å². The number of ether oxygens (including phenoxy) is 2. The minimum absolute atomic E-state index is 0.224. The molecule has 0 aliphatic rings. The lowest BCUT2D eigenvalue weighted by Gasteiger charge is -2.17. The highest BCUT2D eigenvalue weighted by molar-refractivity contribution is 5.80. The van der Waals surface area contributed by atoms with Crippen LogP contribution >= 0.6 is 0 Å². The van der Waals surface area contributed by atoms with Crippen LogP contribution in [0.1, 0.15) is 24.0 Å². The number of carbonyl (C=O) groups is 2. The summed E-state index contributed by atoms with van der Waals surface area (Å²) >= 11 is 0. The predicted octanol–water partition coefficient (Wildman–Crippen LogP) is 3.36. The molecule has 0 bridgehead atoms. The van der Waals surface area contributed by atoms with Gasteiger partial charge in [0.2, 0.25) is 0 Å². The molecule has 2 aromatic carbocycles. The zero-order valence-corrected chi connectivity index (χ0v) is 15.3. The first-order valence-corrected chi connectivity index (χ1v) is 8.67. The largest absolute Gasteiger partial charge is 0.494 e. The maximum absolute atomic E-state index is 12.0. The lowest BCUT2D eigenvalue weighted by atomic mass is 10.2. The molecule has 2 aromatic rings. The number of aryl methyl sites for hydroxylation is 1. The van der Waals surface area contributed by atoms with E-state index < -0.39 is 0 Å². The van der Waals surface area contributed by atoms with Crippen LogP contribution in [0.3, 0.4) is 0 Å². The highest BCUT2D eigenvalue weighted by Gasteiger charge is 2.12. The zero-order chi connectivity index (χ0) is 18.8. The molecule has 5 heteroatoms. The molecule has 0 saturated carbocycles. The summed E-state index contributed by atoms with van der Waals surface area (Å²) in [4.78, 5) is 25.3. The summed E-state index contributed by atoms with van der Waals surface area (Å²) in [7, 11) is 1.69. The fourth-order valence-corrected chi connectivity index (χ4v) is 2.38. The smallest absolute Gasteiger partial charge is 0.306 e. The van der Waals surface area contributed by atoms with Crippen molar-refractivity contribution in [1.29, 1.82) is 0 Å². The van der Waals surface area contributed by atoms with E-state index in [9.17, 15) is 9.59 Å². The molecule has 0 unspecified atom stereocenters. The molecule has 138 valence electrons. The molecule has 0 aliphatic heterocycles. The Balaban J connectivity index is 1.61. The molecule has 26 heavy (non-hydrogen) atoms.